The first-order chi connectivity index (χ1) is 5.27. The van der Waals surface area contributed by atoms with Gasteiger partial charge >= 0.3 is 0 Å². The summed E-state index contributed by atoms with van der Waals surface area (Å²) in [6, 6.07) is 0. The molecule has 0 radical (unpaired) electrons. The molecule has 0 aliphatic heterocycles. The van der Waals surface area contributed by atoms with Gasteiger partial charge in [0.25, 0.3) is 0 Å². The third kappa shape index (κ3) is 2.19. The average Bonchev–Trinajstić information content (AvgIpc) is 2.50. The first-order valence-electron chi connectivity index (χ1n) is 4.96. The van der Waals surface area contributed by atoms with Crippen LogP contribution in [0.3, 0.4) is 0 Å². The van der Waals surface area contributed by atoms with E-state index in [2.05, 4.69) is 13.8 Å². The Morgan fingerprint density at radius 1 is 1.36 bits per heavy atom. The number of rotatable bonds is 3. The van der Waals surface area contributed by atoms with E-state index in [4.69, 9.17) is 0 Å². The van der Waals surface area contributed by atoms with Gasteiger partial charge in [0.15, 0.2) is 0 Å². The summed E-state index contributed by atoms with van der Waals surface area (Å²) in [5.74, 6) is 1.52. The lowest BCUT2D eigenvalue weighted by Crippen LogP contribution is -2.16. The summed E-state index contributed by atoms with van der Waals surface area (Å²) < 4.78 is 0. The van der Waals surface area contributed by atoms with Crippen molar-refractivity contribution < 1.29 is 5.11 Å². The molecule has 1 aliphatic carbocycles. The van der Waals surface area contributed by atoms with Crippen molar-refractivity contribution in [3.8, 4) is 0 Å². The molecule has 1 rings (SSSR count). The van der Waals surface area contributed by atoms with Crippen LogP contribution in [0.5, 0.6) is 0 Å². The summed E-state index contributed by atoms with van der Waals surface area (Å²) in [6.45, 7) is 4.33. The highest BCUT2D eigenvalue weighted by Gasteiger charge is 2.27. The maximum Gasteiger partial charge on any atom is 0.0565 e. The van der Waals surface area contributed by atoms with Crippen LogP contribution < -0.4 is 0 Å². The Morgan fingerprint density at radius 3 is 2.55 bits per heavy atom. The van der Waals surface area contributed by atoms with Crippen LogP contribution in [0.25, 0.3) is 0 Å². The third-order valence-electron chi connectivity index (χ3n) is 3.12. The molecule has 11 heavy (non-hydrogen) atoms. The van der Waals surface area contributed by atoms with E-state index < -0.39 is 0 Å². The van der Waals surface area contributed by atoms with Gasteiger partial charge in [0.05, 0.1) is 6.10 Å². The molecular formula is C10H20O. The largest absolute Gasteiger partial charge is 0.393 e. The van der Waals surface area contributed by atoms with Crippen LogP contribution in [-0.4, -0.2) is 11.2 Å². The predicted molar refractivity (Wildman–Crippen MR) is 47.4 cm³/mol. The molecule has 0 amide bonds. The molecule has 1 aliphatic rings. The summed E-state index contributed by atoms with van der Waals surface area (Å²) >= 11 is 0. The van der Waals surface area contributed by atoms with E-state index in [-0.39, 0.29) is 6.10 Å². The van der Waals surface area contributed by atoms with Crippen LogP contribution >= 0.6 is 0 Å². The Hall–Kier alpha value is -0.0400. The Balaban J connectivity index is 2.29. The highest BCUT2D eigenvalue weighted by Crippen LogP contribution is 2.35. The van der Waals surface area contributed by atoms with E-state index in [0.717, 1.165) is 12.3 Å². The zero-order valence-corrected chi connectivity index (χ0v) is 7.71. The monoisotopic (exact) mass is 156 g/mol. The number of hydrogen-bond acceptors (Lipinski definition) is 1. The van der Waals surface area contributed by atoms with Crippen molar-refractivity contribution in [1.82, 2.24) is 0 Å². The van der Waals surface area contributed by atoms with E-state index >= 15 is 0 Å². The highest BCUT2D eigenvalue weighted by atomic mass is 16.3. The van der Waals surface area contributed by atoms with Crippen molar-refractivity contribution in [1.29, 1.82) is 0 Å². The Morgan fingerprint density at radius 2 is 2.09 bits per heavy atom. The smallest absolute Gasteiger partial charge is 0.0565 e. The van der Waals surface area contributed by atoms with Crippen molar-refractivity contribution in [2.24, 2.45) is 11.8 Å². The molecule has 0 bridgehead atoms. The van der Waals surface area contributed by atoms with Crippen LogP contribution in [0.2, 0.25) is 0 Å². The molecule has 1 N–H and O–H groups in total. The number of aliphatic hydroxyl groups excluding tert-OH is 1. The minimum Gasteiger partial charge on any atom is -0.393 e. The minimum atomic E-state index is -0.0217. The second-order valence-electron chi connectivity index (χ2n) is 3.82. The molecule has 2 unspecified atom stereocenters. The van der Waals surface area contributed by atoms with Crippen molar-refractivity contribution in [3.63, 3.8) is 0 Å². The molecule has 0 saturated heterocycles. The molecule has 1 saturated carbocycles. The summed E-state index contributed by atoms with van der Waals surface area (Å²) in [5.41, 5.74) is 0. The van der Waals surface area contributed by atoms with Crippen LogP contribution in [0.4, 0.5) is 0 Å². The van der Waals surface area contributed by atoms with Gasteiger partial charge in [-0.05, 0) is 31.1 Å². The maximum atomic E-state index is 9.57. The number of hydrogen-bond donors (Lipinski definition) is 1. The van der Waals surface area contributed by atoms with Gasteiger partial charge in [0.2, 0.25) is 0 Å². The van der Waals surface area contributed by atoms with E-state index in [1.807, 2.05) is 0 Å². The quantitative estimate of drug-likeness (QED) is 0.666. The van der Waals surface area contributed by atoms with E-state index in [1.54, 1.807) is 0 Å². The minimum absolute atomic E-state index is 0.0217. The van der Waals surface area contributed by atoms with Crippen LogP contribution in [0, 0.1) is 11.8 Å². The van der Waals surface area contributed by atoms with E-state index in [0.29, 0.717) is 5.92 Å². The van der Waals surface area contributed by atoms with Crippen LogP contribution in [0.15, 0.2) is 0 Å². The van der Waals surface area contributed by atoms with Crippen molar-refractivity contribution in [2.45, 2.75) is 52.1 Å². The first-order valence-corrected chi connectivity index (χ1v) is 4.96. The fourth-order valence-corrected chi connectivity index (χ4v) is 2.17. The van der Waals surface area contributed by atoms with Gasteiger partial charge in [0.1, 0.15) is 0 Å². The molecule has 0 aromatic carbocycles. The SMILES string of the molecule is CCC1CCC([C@@H](O)CC)C1. The van der Waals surface area contributed by atoms with Crippen LogP contribution in [-0.2, 0) is 0 Å². The summed E-state index contributed by atoms with van der Waals surface area (Å²) in [5, 5.41) is 9.57. The average molecular weight is 156 g/mol. The Labute approximate surface area is 69.8 Å². The molecule has 1 nitrogen and oxygen atoms in total. The fourth-order valence-electron chi connectivity index (χ4n) is 2.17. The molecule has 0 heterocycles. The van der Waals surface area contributed by atoms with Gasteiger partial charge < -0.3 is 5.11 Å². The van der Waals surface area contributed by atoms with Crippen molar-refractivity contribution in [3.05, 3.63) is 0 Å². The first kappa shape index (κ1) is 9.05. The van der Waals surface area contributed by atoms with Gasteiger partial charge in [-0.25, -0.2) is 0 Å². The lowest BCUT2D eigenvalue weighted by atomic mass is 9.96. The summed E-state index contributed by atoms with van der Waals surface area (Å²) in [4.78, 5) is 0. The predicted octanol–water partition coefficient (Wildman–Crippen LogP) is 2.58. The topological polar surface area (TPSA) is 20.2 Å². The lowest BCUT2D eigenvalue weighted by Gasteiger charge is -2.15. The zero-order valence-electron chi connectivity index (χ0n) is 7.71. The van der Waals surface area contributed by atoms with Gasteiger partial charge in [-0.1, -0.05) is 26.7 Å². The Bertz CT molecular complexity index is 111. The molecule has 3 atom stereocenters. The summed E-state index contributed by atoms with van der Waals surface area (Å²) in [6.07, 6.45) is 6.08. The Kier molecular flexibility index (Phi) is 3.38. The van der Waals surface area contributed by atoms with Gasteiger partial charge in [-0.15, -0.1) is 0 Å². The fraction of sp³-hybridized carbons (Fsp3) is 1.00. The molecule has 0 spiro atoms. The second-order valence-corrected chi connectivity index (χ2v) is 3.82. The molecule has 0 aromatic heterocycles. The maximum absolute atomic E-state index is 9.57. The van der Waals surface area contributed by atoms with Crippen molar-refractivity contribution >= 4 is 0 Å². The summed E-state index contributed by atoms with van der Waals surface area (Å²) in [7, 11) is 0. The molecule has 1 heteroatoms. The van der Waals surface area contributed by atoms with Gasteiger partial charge in [-0.2, -0.15) is 0 Å². The standard InChI is InChI=1S/C10H20O/c1-3-8-5-6-9(7-8)10(11)4-2/h8-11H,3-7H2,1-2H3/t8?,9?,10-/m0/s1. The molecular weight excluding hydrogens is 136 g/mol. The lowest BCUT2D eigenvalue weighted by molar-refractivity contribution is 0.104. The van der Waals surface area contributed by atoms with E-state index in [9.17, 15) is 5.11 Å². The second kappa shape index (κ2) is 4.10. The molecule has 0 aromatic rings. The number of aliphatic hydroxyl groups is 1. The normalized spacial score (nSPS) is 34.1. The van der Waals surface area contributed by atoms with Gasteiger partial charge in [-0.3, -0.25) is 0 Å². The highest BCUT2D eigenvalue weighted by molar-refractivity contribution is 4.78. The molecule has 66 valence electrons. The van der Waals surface area contributed by atoms with E-state index in [1.165, 1.54) is 25.7 Å². The molecule has 1 fully saturated rings. The van der Waals surface area contributed by atoms with Crippen LogP contribution in [0.1, 0.15) is 46.0 Å². The van der Waals surface area contributed by atoms with Gasteiger partial charge in [0, 0.05) is 0 Å². The third-order valence-corrected chi connectivity index (χ3v) is 3.12. The van der Waals surface area contributed by atoms with Crippen molar-refractivity contribution in [2.75, 3.05) is 0 Å². The zero-order chi connectivity index (χ0) is 8.27.